The Kier molecular flexibility index (Phi) is 5.26. The molecule has 0 radical (unpaired) electrons. The molecule has 0 aliphatic carbocycles. The normalized spacial score (nSPS) is 12.0. The topological polar surface area (TPSA) is 38.5 Å². The van der Waals surface area contributed by atoms with Gasteiger partial charge in [-0.1, -0.05) is 40.2 Å². The lowest BCUT2D eigenvalue weighted by Crippen LogP contribution is -2.17. The third-order valence-corrected chi connectivity index (χ3v) is 4.20. The van der Waals surface area contributed by atoms with Crippen LogP contribution in [0.5, 0.6) is 5.75 Å². The predicted octanol–water partition coefficient (Wildman–Crippen LogP) is 4.11. The Labute approximate surface area is 134 Å². The molecule has 0 aliphatic rings. The Hall–Kier alpha value is -1.52. The van der Waals surface area contributed by atoms with Crippen molar-refractivity contribution in [1.29, 1.82) is 0 Å². The quantitative estimate of drug-likeness (QED) is 0.883. The van der Waals surface area contributed by atoms with Crippen molar-refractivity contribution in [1.82, 2.24) is 0 Å². The van der Waals surface area contributed by atoms with Crippen molar-refractivity contribution in [2.24, 2.45) is 5.73 Å². The largest absolute Gasteiger partial charge is 0.496 e. The number of methoxy groups -OCH3 is 1. The monoisotopic (exact) mass is 348 g/mol. The second-order valence-corrected chi connectivity index (χ2v) is 6.02. The fourth-order valence-corrected chi connectivity index (χ4v) is 3.03. The molecule has 1 atom stereocenters. The molecule has 0 saturated heterocycles. The van der Waals surface area contributed by atoms with Gasteiger partial charge in [0.15, 0.2) is 0 Å². The number of ether oxygens (including phenoxy) is 1. The standard InChI is InChI=1S/C17H21BrN2O/c1-12(19)15-9-8-14(10-16(15)18)20(2)11-13-6-4-5-7-17(13)21-3/h4-10,12H,11,19H2,1-3H3/t12-/m1/s1. The smallest absolute Gasteiger partial charge is 0.123 e. The highest BCUT2D eigenvalue weighted by atomic mass is 79.9. The van der Waals surface area contributed by atoms with Gasteiger partial charge in [-0.3, -0.25) is 0 Å². The highest BCUT2D eigenvalue weighted by Crippen LogP contribution is 2.28. The number of nitrogens with two attached hydrogens (primary N) is 1. The molecule has 0 bridgehead atoms. The molecule has 2 N–H and O–H groups in total. The van der Waals surface area contributed by atoms with Gasteiger partial charge in [-0.15, -0.1) is 0 Å². The van der Waals surface area contributed by atoms with Gasteiger partial charge in [-0.2, -0.15) is 0 Å². The van der Waals surface area contributed by atoms with E-state index in [0.29, 0.717) is 0 Å². The summed E-state index contributed by atoms with van der Waals surface area (Å²) in [6.07, 6.45) is 0. The Balaban J connectivity index is 2.20. The summed E-state index contributed by atoms with van der Waals surface area (Å²) < 4.78 is 6.45. The van der Waals surface area contributed by atoms with Crippen molar-refractivity contribution < 1.29 is 4.74 Å². The summed E-state index contributed by atoms with van der Waals surface area (Å²) in [5.41, 5.74) is 9.36. The van der Waals surface area contributed by atoms with Crippen LogP contribution in [-0.4, -0.2) is 14.2 Å². The Morgan fingerprint density at radius 3 is 2.57 bits per heavy atom. The lowest BCUT2D eigenvalue weighted by molar-refractivity contribution is 0.409. The molecule has 0 spiro atoms. The van der Waals surface area contributed by atoms with E-state index in [1.54, 1.807) is 7.11 Å². The number of nitrogens with zero attached hydrogens (tertiary/aromatic N) is 1. The first-order valence-electron chi connectivity index (χ1n) is 6.91. The summed E-state index contributed by atoms with van der Waals surface area (Å²) >= 11 is 3.60. The zero-order valence-corrected chi connectivity index (χ0v) is 14.2. The van der Waals surface area contributed by atoms with Crippen LogP contribution in [-0.2, 0) is 6.54 Å². The molecule has 2 aromatic carbocycles. The van der Waals surface area contributed by atoms with Gasteiger partial charge in [0.05, 0.1) is 7.11 Å². The molecule has 4 heteroatoms. The summed E-state index contributed by atoms with van der Waals surface area (Å²) in [4.78, 5) is 2.19. The average Bonchev–Trinajstić information content (AvgIpc) is 2.47. The molecule has 0 aromatic heterocycles. The fourth-order valence-electron chi connectivity index (χ4n) is 2.30. The van der Waals surface area contributed by atoms with Gasteiger partial charge in [0, 0.05) is 35.4 Å². The summed E-state index contributed by atoms with van der Waals surface area (Å²) in [6.45, 7) is 2.77. The van der Waals surface area contributed by atoms with Gasteiger partial charge < -0.3 is 15.4 Å². The number of anilines is 1. The Bertz CT molecular complexity index is 613. The molecule has 0 heterocycles. The van der Waals surface area contributed by atoms with E-state index in [9.17, 15) is 0 Å². The molecule has 21 heavy (non-hydrogen) atoms. The second-order valence-electron chi connectivity index (χ2n) is 5.16. The van der Waals surface area contributed by atoms with Crippen molar-refractivity contribution in [3.63, 3.8) is 0 Å². The number of para-hydroxylation sites is 1. The molecule has 0 saturated carbocycles. The fraction of sp³-hybridized carbons (Fsp3) is 0.294. The van der Waals surface area contributed by atoms with E-state index in [2.05, 4.69) is 52.1 Å². The Morgan fingerprint density at radius 2 is 1.95 bits per heavy atom. The van der Waals surface area contributed by atoms with E-state index >= 15 is 0 Å². The van der Waals surface area contributed by atoms with Crippen molar-refractivity contribution in [3.8, 4) is 5.75 Å². The maximum Gasteiger partial charge on any atom is 0.123 e. The molecule has 3 nitrogen and oxygen atoms in total. The number of hydrogen-bond donors (Lipinski definition) is 1. The first-order valence-corrected chi connectivity index (χ1v) is 7.70. The first-order chi connectivity index (χ1) is 10.0. The van der Waals surface area contributed by atoms with Crippen molar-refractivity contribution >= 4 is 21.6 Å². The lowest BCUT2D eigenvalue weighted by atomic mass is 10.1. The highest BCUT2D eigenvalue weighted by molar-refractivity contribution is 9.10. The Morgan fingerprint density at radius 1 is 1.24 bits per heavy atom. The van der Waals surface area contributed by atoms with Gasteiger partial charge in [0.2, 0.25) is 0 Å². The molecule has 0 aliphatic heterocycles. The highest BCUT2D eigenvalue weighted by Gasteiger charge is 2.10. The molecular formula is C17H21BrN2O. The van der Waals surface area contributed by atoms with E-state index < -0.39 is 0 Å². The van der Waals surface area contributed by atoms with Crippen LogP contribution in [0.15, 0.2) is 46.9 Å². The minimum Gasteiger partial charge on any atom is -0.496 e. The molecule has 0 fully saturated rings. The van der Waals surface area contributed by atoms with E-state index in [4.69, 9.17) is 10.5 Å². The van der Waals surface area contributed by atoms with Crippen molar-refractivity contribution in [2.45, 2.75) is 19.5 Å². The van der Waals surface area contributed by atoms with Gasteiger partial charge in [0.25, 0.3) is 0 Å². The van der Waals surface area contributed by atoms with E-state index in [-0.39, 0.29) is 6.04 Å². The van der Waals surface area contributed by atoms with Crippen LogP contribution in [0, 0.1) is 0 Å². The van der Waals surface area contributed by atoms with E-state index in [1.165, 1.54) is 0 Å². The van der Waals surface area contributed by atoms with Crippen LogP contribution in [0.1, 0.15) is 24.1 Å². The van der Waals surface area contributed by atoms with Gasteiger partial charge >= 0.3 is 0 Å². The van der Waals surface area contributed by atoms with Crippen molar-refractivity contribution in [2.75, 3.05) is 19.1 Å². The molecule has 112 valence electrons. The van der Waals surface area contributed by atoms with Crippen LogP contribution in [0.3, 0.4) is 0 Å². The molecule has 0 unspecified atom stereocenters. The maximum absolute atomic E-state index is 5.94. The SMILES string of the molecule is COc1ccccc1CN(C)c1ccc([C@@H](C)N)c(Br)c1. The minimum absolute atomic E-state index is 0.0212. The number of rotatable bonds is 5. The van der Waals surface area contributed by atoms with Gasteiger partial charge in [0.1, 0.15) is 5.75 Å². The first kappa shape index (κ1) is 15.9. The second kappa shape index (κ2) is 6.96. The lowest BCUT2D eigenvalue weighted by Gasteiger charge is -2.22. The maximum atomic E-state index is 5.94. The van der Waals surface area contributed by atoms with E-state index in [1.807, 2.05) is 25.1 Å². The summed E-state index contributed by atoms with van der Waals surface area (Å²) in [5.74, 6) is 0.913. The molecule has 2 rings (SSSR count). The summed E-state index contributed by atoms with van der Waals surface area (Å²) in [7, 11) is 3.77. The van der Waals surface area contributed by atoms with Crippen LogP contribution in [0.2, 0.25) is 0 Å². The third kappa shape index (κ3) is 3.77. The number of hydrogen-bond acceptors (Lipinski definition) is 3. The van der Waals surface area contributed by atoms with E-state index in [0.717, 1.165) is 33.6 Å². The summed E-state index contributed by atoms with van der Waals surface area (Å²) in [6, 6.07) is 14.4. The van der Waals surface area contributed by atoms with Crippen LogP contribution < -0.4 is 15.4 Å². The van der Waals surface area contributed by atoms with Crippen LogP contribution in [0.4, 0.5) is 5.69 Å². The van der Waals surface area contributed by atoms with Crippen LogP contribution >= 0.6 is 15.9 Å². The van der Waals surface area contributed by atoms with Crippen LogP contribution in [0.25, 0.3) is 0 Å². The molecule has 2 aromatic rings. The third-order valence-electron chi connectivity index (χ3n) is 3.52. The zero-order chi connectivity index (χ0) is 15.4. The predicted molar refractivity (Wildman–Crippen MR) is 91.8 cm³/mol. The van der Waals surface area contributed by atoms with Crippen molar-refractivity contribution in [3.05, 3.63) is 58.1 Å². The zero-order valence-electron chi connectivity index (χ0n) is 12.6. The van der Waals surface area contributed by atoms with Gasteiger partial charge in [-0.05, 0) is 30.7 Å². The average molecular weight is 349 g/mol. The summed E-state index contributed by atoms with van der Waals surface area (Å²) in [5, 5.41) is 0. The molecular weight excluding hydrogens is 328 g/mol. The molecule has 0 amide bonds. The number of benzene rings is 2. The minimum atomic E-state index is 0.0212. The number of halogens is 1. The van der Waals surface area contributed by atoms with Gasteiger partial charge in [-0.25, -0.2) is 0 Å².